The minimum atomic E-state index is 0.556. The molecule has 1 aliphatic rings. The number of fused-ring (bicyclic) bond motifs is 1. The van der Waals surface area contributed by atoms with Crippen molar-refractivity contribution in [1.82, 2.24) is 15.3 Å². The fourth-order valence-corrected chi connectivity index (χ4v) is 2.20. The molecular weight excluding hydrogens is 228 g/mol. The number of methoxy groups -OCH3 is 1. The van der Waals surface area contributed by atoms with Crippen LogP contribution in [0.4, 0.5) is 5.69 Å². The molecule has 1 aliphatic heterocycles. The summed E-state index contributed by atoms with van der Waals surface area (Å²) in [5.41, 5.74) is 2.98. The molecular formula is C13H16N4O. The molecule has 94 valence electrons. The van der Waals surface area contributed by atoms with Gasteiger partial charge in [-0.3, -0.25) is 0 Å². The first-order chi connectivity index (χ1) is 8.86. The summed E-state index contributed by atoms with van der Waals surface area (Å²) >= 11 is 0. The molecule has 5 heteroatoms. The molecule has 3 rings (SSSR count). The van der Waals surface area contributed by atoms with Crippen molar-refractivity contribution in [3.8, 4) is 5.88 Å². The normalized spacial score (nSPS) is 15.9. The number of nitrogens with zero attached hydrogens (tertiary/aromatic N) is 3. The van der Waals surface area contributed by atoms with Crippen molar-refractivity contribution in [2.24, 2.45) is 0 Å². The van der Waals surface area contributed by atoms with E-state index in [-0.39, 0.29) is 0 Å². The minimum Gasteiger partial charge on any atom is -0.480 e. The molecule has 0 saturated carbocycles. The van der Waals surface area contributed by atoms with E-state index in [9.17, 15) is 0 Å². The molecule has 1 aromatic heterocycles. The average Bonchev–Trinajstić information content (AvgIpc) is 2.47. The highest BCUT2D eigenvalue weighted by Crippen LogP contribution is 2.21. The Hall–Kier alpha value is -1.88. The van der Waals surface area contributed by atoms with Crippen LogP contribution in [-0.4, -0.2) is 43.3 Å². The van der Waals surface area contributed by atoms with E-state index in [0.29, 0.717) is 5.88 Å². The molecule has 0 aliphatic carbocycles. The molecule has 0 unspecified atom stereocenters. The van der Waals surface area contributed by atoms with E-state index < -0.39 is 0 Å². The molecule has 0 spiro atoms. The smallest absolute Gasteiger partial charge is 0.232 e. The van der Waals surface area contributed by atoms with Crippen molar-refractivity contribution >= 4 is 16.7 Å². The summed E-state index contributed by atoms with van der Waals surface area (Å²) in [7, 11) is 1.61. The lowest BCUT2D eigenvalue weighted by Gasteiger charge is -2.29. The van der Waals surface area contributed by atoms with Gasteiger partial charge >= 0.3 is 0 Å². The van der Waals surface area contributed by atoms with Crippen LogP contribution in [0.15, 0.2) is 24.4 Å². The first-order valence-corrected chi connectivity index (χ1v) is 6.13. The summed E-state index contributed by atoms with van der Waals surface area (Å²) in [6.07, 6.45) is 1.65. The Morgan fingerprint density at radius 1 is 1.22 bits per heavy atom. The van der Waals surface area contributed by atoms with Crippen molar-refractivity contribution in [3.05, 3.63) is 24.4 Å². The standard InChI is InChI=1S/C13H16N4O/c1-18-13-9-15-11-3-2-10(8-12(11)16-13)17-6-4-14-5-7-17/h2-3,8-9,14H,4-7H2,1H3. The Balaban J connectivity index is 1.97. The van der Waals surface area contributed by atoms with Gasteiger partial charge in [0.05, 0.1) is 24.3 Å². The first-order valence-electron chi connectivity index (χ1n) is 6.13. The van der Waals surface area contributed by atoms with Gasteiger partial charge in [-0.25, -0.2) is 9.97 Å². The third-order valence-corrected chi connectivity index (χ3v) is 3.19. The summed E-state index contributed by atoms with van der Waals surface area (Å²) in [4.78, 5) is 11.1. The number of aromatic nitrogens is 2. The van der Waals surface area contributed by atoms with Gasteiger partial charge in [0.1, 0.15) is 0 Å². The quantitative estimate of drug-likeness (QED) is 0.855. The Bertz CT molecular complexity index is 552. The second-order valence-electron chi connectivity index (χ2n) is 4.32. The van der Waals surface area contributed by atoms with E-state index in [1.807, 2.05) is 6.07 Å². The number of ether oxygens (including phenoxy) is 1. The minimum absolute atomic E-state index is 0.556. The summed E-state index contributed by atoms with van der Waals surface area (Å²) < 4.78 is 5.11. The van der Waals surface area contributed by atoms with Crippen LogP contribution in [0, 0.1) is 0 Å². The van der Waals surface area contributed by atoms with Crippen LogP contribution in [0.25, 0.3) is 11.0 Å². The molecule has 1 saturated heterocycles. The highest BCUT2D eigenvalue weighted by molar-refractivity contribution is 5.79. The van der Waals surface area contributed by atoms with E-state index in [2.05, 4.69) is 32.3 Å². The Labute approximate surface area is 106 Å². The van der Waals surface area contributed by atoms with Crippen molar-refractivity contribution < 1.29 is 4.74 Å². The lowest BCUT2D eigenvalue weighted by atomic mass is 10.2. The molecule has 1 aromatic carbocycles. The van der Waals surface area contributed by atoms with Crippen LogP contribution in [0.2, 0.25) is 0 Å². The average molecular weight is 244 g/mol. The van der Waals surface area contributed by atoms with Gasteiger partial charge in [-0.15, -0.1) is 0 Å². The van der Waals surface area contributed by atoms with Crippen molar-refractivity contribution in [1.29, 1.82) is 0 Å². The zero-order chi connectivity index (χ0) is 12.4. The third kappa shape index (κ3) is 2.09. The molecule has 2 heterocycles. The molecule has 5 nitrogen and oxygen atoms in total. The fraction of sp³-hybridized carbons (Fsp3) is 0.385. The number of piperazine rings is 1. The molecule has 0 bridgehead atoms. The zero-order valence-electron chi connectivity index (χ0n) is 10.4. The van der Waals surface area contributed by atoms with Crippen molar-refractivity contribution in [2.75, 3.05) is 38.2 Å². The van der Waals surface area contributed by atoms with Gasteiger partial charge in [0.25, 0.3) is 0 Å². The summed E-state index contributed by atoms with van der Waals surface area (Å²) in [5.74, 6) is 0.556. The Kier molecular flexibility index (Phi) is 2.98. The number of anilines is 1. The van der Waals surface area contributed by atoms with Crippen LogP contribution in [-0.2, 0) is 0 Å². The van der Waals surface area contributed by atoms with E-state index in [1.165, 1.54) is 5.69 Å². The molecule has 18 heavy (non-hydrogen) atoms. The van der Waals surface area contributed by atoms with Gasteiger partial charge in [-0.05, 0) is 18.2 Å². The van der Waals surface area contributed by atoms with Gasteiger partial charge in [0, 0.05) is 31.9 Å². The summed E-state index contributed by atoms with van der Waals surface area (Å²) in [6, 6.07) is 6.20. The van der Waals surface area contributed by atoms with E-state index in [1.54, 1.807) is 13.3 Å². The fourth-order valence-electron chi connectivity index (χ4n) is 2.20. The second-order valence-corrected chi connectivity index (χ2v) is 4.32. The maximum atomic E-state index is 5.11. The number of nitrogens with one attached hydrogen (secondary N) is 1. The predicted molar refractivity (Wildman–Crippen MR) is 71.2 cm³/mol. The molecule has 1 N–H and O–H groups in total. The summed E-state index contributed by atoms with van der Waals surface area (Å²) in [5, 5.41) is 3.35. The lowest BCUT2D eigenvalue weighted by Crippen LogP contribution is -2.43. The lowest BCUT2D eigenvalue weighted by molar-refractivity contribution is 0.397. The van der Waals surface area contributed by atoms with Gasteiger partial charge in [-0.2, -0.15) is 0 Å². The summed E-state index contributed by atoms with van der Waals surface area (Å²) in [6.45, 7) is 4.12. The molecule has 0 amide bonds. The maximum Gasteiger partial charge on any atom is 0.232 e. The van der Waals surface area contributed by atoms with Crippen molar-refractivity contribution in [2.45, 2.75) is 0 Å². The van der Waals surface area contributed by atoms with Crippen LogP contribution in [0.3, 0.4) is 0 Å². The Morgan fingerprint density at radius 3 is 2.83 bits per heavy atom. The SMILES string of the molecule is COc1cnc2ccc(N3CCNCC3)cc2n1. The Morgan fingerprint density at radius 2 is 2.06 bits per heavy atom. The number of hydrogen-bond acceptors (Lipinski definition) is 5. The molecule has 2 aromatic rings. The van der Waals surface area contributed by atoms with Crippen LogP contribution in [0.1, 0.15) is 0 Å². The predicted octanol–water partition coefficient (Wildman–Crippen LogP) is 1.05. The highest BCUT2D eigenvalue weighted by atomic mass is 16.5. The highest BCUT2D eigenvalue weighted by Gasteiger charge is 2.11. The molecule has 0 radical (unpaired) electrons. The van der Waals surface area contributed by atoms with Gasteiger partial charge in [0.15, 0.2) is 0 Å². The van der Waals surface area contributed by atoms with Crippen molar-refractivity contribution in [3.63, 3.8) is 0 Å². The zero-order valence-corrected chi connectivity index (χ0v) is 10.4. The molecule has 1 fully saturated rings. The van der Waals surface area contributed by atoms with Crippen LogP contribution >= 0.6 is 0 Å². The topological polar surface area (TPSA) is 50.3 Å². The number of rotatable bonds is 2. The number of hydrogen-bond donors (Lipinski definition) is 1. The van der Waals surface area contributed by atoms with Gasteiger partial charge in [-0.1, -0.05) is 0 Å². The van der Waals surface area contributed by atoms with Gasteiger partial charge in [0.2, 0.25) is 5.88 Å². The maximum absolute atomic E-state index is 5.11. The van der Waals surface area contributed by atoms with Crippen LogP contribution < -0.4 is 15.0 Å². The number of benzene rings is 1. The van der Waals surface area contributed by atoms with Gasteiger partial charge < -0.3 is 15.0 Å². The van der Waals surface area contributed by atoms with E-state index in [0.717, 1.165) is 37.2 Å². The molecule has 0 atom stereocenters. The van der Waals surface area contributed by atoms with E-state index >= 15 is 0 Å². The third-order valence-electron chi connectivity index (χ3n) is 3.19. The van der Waals surface area contributed by atoms with Crippen LogP contribution in [0.5, 0.6) is 5.88 Å². The second kappa shape index (κ2) is 4.78. The van der Waals surface area contributed by atoms with E-state index in [4.69, 9.17) is 4.74 Å². The largest absolute Gasteiger partial charge is 0.480 e. The first kappa shape index (κ1) is 11.2. The monoisotopic (exact) mass is 244 g/mol.